The lowest BCUT2D eigenvalue weighted by Crippen LogP contribution is -2.59. The first kappa shape index (κ1) is 24.1. The number of amides is 2. The van der Waals surface area contributed by atoms with Crippen molar-refractivity contribution in [3.05, 3.63) is 65.7 Å². The first-order valence-electron chi connectivity index (χ1n) is 11.3. The molecule has 0 N–H and O–H groups in total. The summed E-state index contributed by atoms with van der Waals surface area (Å²) in [7, 11) is 0. The lowest BCUT2D eigenvalue weighted by atomic mass is 9.96. The molecule has 2 aliphatic rings. The van der Waals surface area contributed by atoms with E-state index in [-0.39, 0.29) is 50.2 Å². The Morgan fingerprint density at radius 1 is 0.912 bits per heavy atom. The number of halogens is 2. The molecule has 2 aliphatic heterocycles. The van der Waals surface area contributed by atoms with E-state index in [0.29, 0.717) is 44.2 Å². The number of benzene rings is 2. The molecule has 0 aliphatic carbocycles. The summed E-state index contributed by atoms with van der Waals surface area (Å²) in [6.45, 7) is 2.59. The number of nitrogens with zero attached hydrogens (tertiary/aromatic N) is 2. The van der Waals surface area contributed by atoms with Crippen LogP contribution in [-0.2, 0) is 25.5 Å². The Balaban J connectivity index is 1.49. The van der Waals surface area contributed by atoms with Gasteiger partial charge in [0.05, 0.1) is 39.2 Å². The highest BCUT2D eigenvalue weighted by Crippen LogP contribution is 2.26. The fourth-order valence-corrected chi connectivity index (χ4v) is 4.17. The molecule has 1 atom stereocenters. The summed E-state index contributed by atoms with van der Waals surface area (Å²) in [4.78, 5) is 29.4. The van der Waals surface area contributed by atoms with Gasteiger partial charge in [-0.25, -0.2) is 8.78 Å². The third-order valence-electron chi connectivity index (χ3n) is 6.05. The minimum Gasteiger partial charge on any atom is -0.490 e. The van der Waals surface area contributed by atoms with Gasteiger partial charge in [-0.05, 0) is 35.9 Å². The lowest BCUT2D eigenvalue weighted by Gasteiger charge is -2.43. The van der Waals surface area contributed by atoms with E-state index in [4.69, 9.17) is 14.2 Å². The van der Waals surface area contributed by atoms with E-state index in [2.05, 4.69) is 0 Å². The minimum atomic E-state index is -1.09. The molecule has 0 radical (unpaired) electrons. The fraction of sp³-hybridized carbons (Fsp3) is 0.440. The third-order valence-corrected chi connectivity index (χ3v) is 6.05. The molecule has 9 heteroatoms. The molecule has 2 saturated heterocycles. The van der Waals surface area contributed by atoms with Gasteiger partial charge in [0.2, 0.25) is 11.8 Å². The van der Waals surface area contributed by atoms with Crippen LogP contribution in [0.3, 0.4) is 0 Å². The maximum Gasteiger partial charge on any atom is 0.227 e. The Labute approximate surface area is 197 Å². The average molecular weight is 475 g/mol. The van der Waals surface area contributed by atoms with Crippen LogP contribution in [-0.4, -0.2) is 79.8 Å². The quantitative estimate of drug-likeness (QED) is 0.617. The Hall–Kier alpha value is -3.04. The van der Waals surface area contributed by atoms with Crippen molar-refractivity contribution in [2.24, 2.45) is 0 Å². The van der Waals surface area contributed by atoms with Crippen LogP contribution < -0.4 is 4.74 Å². The molecule has 0 aromatic heterocycles. The summed E-state index contributed by atoms with van der Waals surface area (Å²) in [6, 6.07) is 11.7. The highest BCUT2D eigenvalue weighted by molar-refractivity contribution is 5.80. The highest BCUT2D eigenvalue weighted by Gasteiger charge is 2.42. The standard InChI is InChI=1S/C25H28F2N2O5/c26-20-5-7-21(8-6-20)33-18-25(16-24(31)28-9-12-32-13-10-28)17-29(11-14-34-25)23(30)15-19-3-1-2-4-22(19)27/h1-8H,9-18H2. The van der Waals surface area contributed by atoms with Crippen LogP contribution >= 0.6 is 0 Å². The van der Waals surface area contributed by atoms with Gasteiger partial charge in [-0.1, -0.05) is 18.2 Å². The van der Waals surface area contributed by atoms with Crippen molar-refractivity contribution >= 4 is 11.8 Å². The Morgan fingerprint density at radius 2 is 1.62 bits per heavy atom. The van der Waals surface area contributed by atoms with Gasteiger partial charge in [0.15, 0.2) is 0 Å². The maximum absolute atomic E-state index is 14.1. The molecule has 2 amide bonds. The molecule has 0 saturated carbocycles. The summed E-state index contributed by atoms with van der Waals surface area (Å²) in [5.74, 6) is -0.758. The molecule has 1 unspecified atom stereocenters. The van der Waals surface area contributed by atoms with Crippen LogP contribution in [0.1, 0.15) is 12.0 Å². The van der Waals surface area contributed by atoms with Crippen molar-refractivity contribution < 1.29 is 32.6 Å². The molecule has 34 heavy (non-hydrogen) atoms. The number of rotatable bonds is 7. The topological polar surface area (TPSA) is 68.3 Å². The van der Waals surface area contributed by atoms with Gasteiger partial charge in [-0.3, -0.25) is 9.59 Å². The van der Waals surface area contributed by atoms with E-state index in [9.17, 15) is 18.4 Å². The van der Waals surface area contributed by atoms with Crippen LogP contribution in [0.15, 0.2) is 48.5 Å². The fourth-order valence-electron chi connectivity index (χ4n) is 4.17. The zero-order chi connectivity index (χ0) is 24.0. The van der Waals surface area contributed by atoms with Crippen molar-refractivity contribution in [1.29, 1.82) is 0 Å². The predicted octanol–water partition coefficient (Wildman–Crippen LogP) is 2.43. The Morgan fingerprint density at radius 3 is 2.35 bits per heavy atom. The highest BCUT2D eigenvalue weighted by atomic mass is 19.1. The average Bonchev–Trinajstić information content (AvgIpc) is 2.86. The second-order valence-corrected chi connectivity index (χ2v) is 8.53. The van der Waals surface area contributed by atoms with Crippen LogP contribution in [0.5, 0.6) is 5.75 Å². The number of carbonyl (C=O) groups is 2. The number of hydrogen-bond acceptors (Lipinski definition) is 5. The number of carbonyl (C=O) groups excluding carboxylic acids is 2. The van der Waals surface area contributed by atoms with Crippen LogP contribution in [0, 0.1) is 11.6 Å². The summed E-state index contributed by atoms with van der Waals surface area (Å²) >= 11 is 0. The molecule has 2 fully saturated rings. The molecular formula is C25H28F2N2O5. The van der Waals surface area contributed by atoms with E-state index in [1.165, 1.54) is 30.3 Å². The van der Waals surface area contributed by atoms with Crippen LogP contribution in [0.2, 0.25) is 0 Å². The molecule has 182 valence electrons. The Kier molecular flexibility index (Phi) is 7.74. The first-order chi connectivity index (χ1) is 16.4. The van der Waals surface area contributed by atoms with Gasteiger partial charge < -0.3 is 24.0 Å². The van der Waals surface area contributed by atoms with Crippen molar-refractivity contribution in [3.8, 4) is 5.75 Å². The molecule has 4 rings (SSSR count). The molecule has 7 nitrogen and oxygen atoms in total. The van der Waals surface area contributed by atoms with E-state index >= 15 is 0 Å². The number of morpholine rings is 2. The van der Waals surface area contributed by atoms with Gasteiger partial charge in [-0.2, -0.15) is 0 Å². The molecular weight excluding hydrogens is 446 g/mol. The zero-order valence-corrected chi connectivity index (χ0v) is 18.9. The Bertz CT molecular complexity index is 997. The van der Waals surface area contributed by atoms with E-state index in [1.54, 1.807) is 28.0 Å². The van der Waals surface area contributed by atoms with Crippen molar-refractivity contribution in [1.82, 2.24) is 9.80 Å². The molecule has 2 aromatic rings. The van der Waals surface area contributed by atoms with Crippen LogP contribution in [0.25, 0.3) is 0 Å². The van der Waals surface area contributed by atoms with Crippen molar-refractivity contribution in [3.63, 3.8) is 0 Å². The second kappa shape index (κ2) is 10.9. The smallest absolute Gasteiger partial charge is 0.227 e. The van der Waals surface area contributed by atoms with Gasteiger partial charge in [-0.15, -0.1) is 0 Å². The van der Waals surface area contributed by atoms with Gasteiger partial charge in [0.1, 0.15) is 29.6 Å². The zero-order valence-electron chi connectivity index (χ0n) is 18.9. The predicted molar refractivity (Wildman–Crippen MR) is 119 cm³/mol. The van der Waals surface area contributed by atoms with E-state index < -0.39 is 11.4 Å². The minimum absolute atomic E-state index is 0.00180. The second-order valence-electron chi connectivity index (χ2n) is 8.53. The third kappa shape index (κ3) is 6.09. The summed E-state index contributed by atoms with van der Waals surface area (Å²) in [6.07, 6.45) is -0.0728. The van der Waals surface area contributed by atoms with Crippen molar-refractivity contribution in [2.45, 2.75) is 18.4 Å². The number of hydrogen-bond donors (Lipinski definition) is 0. The summed E-state index contributed by atoms with van der Waals surface area (Å²) in [5.41, 5.74) is -0.774. The lowest BCUT2D eigenvalue weighted by molar-refractivity contribution is -0.167. The summed E-state index contributed by atoms with van der Waals surface area (Å²) < 4.78 is 44.6. The van der Waals surface area contributed by atoms with E-state index in [0.717, 1.165) is 0 Å². The molecule has 2 heterocycles. The maximum atomic E-state index is 14.1. The first-order valence-corrected chi connectivity index (χ1v) is 11.3. The largest absolute Gasteiger partial charge is 0.490 e. The van der Waals surface area contributed by atoms with E-state index in [1.807, 2.05) is 0 Å². The molecule has 0 spiro atoms. The number of ether oxygens (including phenoxy) is 3. The van der Waals surface area contributed by atoms with Gasteiger partial charge >= 0.3 is 0 Å². The van der Waals surface area contributed by atoms with Gasteiger partial charge in [0, 0.05) is 19.6 Å². The normalized spacial score (nSPS) is 20.8. The van der Waals surface area contributed by atoms with Gasteiger partial charge in [0.25, 0.3) is 0 Å². The van der Waals surface area contributed by atoms with Crippen LogP contribution in [0.4, 0.5) is 8.78 Å². The SMILES string of the molecule is O=C(CC1(COc2ccc(F)cc2)CN(C(=O)Cc2ccccc2F)CCO1)N1CCOCC1. The summed E-state index contributed by atoms with van der Waals surface area (Å²) in [5, 5.41) is 0. The monoisotopic (exact) mass is 474 g/mol. The van der Waals surface area contributed by atoms with Crippen molar-refractivity contribution in [2.75, 3.05) is 52.6 Å². The molecule has 2 aromatic carbocycles. The molecule has 0 bridgehead atoms.